The molecular formula is C28H44N2O4. The summed E-state index contributed by atoms with van der Waals surface area (Å²) in [6.45, 7) is 0.705. The van der Waals surface area contributed by atoms with E-state index >= 15 is 0 Å². The van der Waals surface area contributed by atoms with Gasteiger partial charge in [-0.2, -0.15) is 0 Å². The van der Waals surface area contributed by atoms with Crippen LogP contribution in [0.15, 0.2) is 30.3 Å². The second-order valence-electron chi connectivity index (χ2n) is 9.78. The summed E-state index contributed by atoms with van der Waals surface area (Å²) in [6, 6.07) is 10.1. The molecule has 2 atom stereocenters. The van der Waals surface area contributed by atoms with Gasteiger partial charge in [0, 0.05) is 31.2 Å². The molecule has 1 aliphatic carbocycles. The Morgan fingerprint density at radius 1 is 0.912 bits per heavy atom. The third-order valence-corrected chi connectivity index (χ3v) is 7.02. The van der Waals surface area contributed by atoms with Crippen LogP contribution in [0.5, 0.6) is 0 Å². The Kier molecular flexibility index (Phi) is 14.2. The van der Waals surface area contributed by atoms with E-state index in [4.69, 9.17) is 5.21 Å². The average molecular weight is 473 g/mol. The van der Waals surface area contributed by atoms with Crippen LogP contribution in [0.25, 0.3) is 0 Å². The van der Waals surface area contributed by atoms with Crippen molar-refractivity contribution in [2.75, 3.05) is 6.54 Å². The van der Waals surface area contributed by atoms with Crippen molar-refractivity contribution >= 4 is 17.6 Å². The molecule has 0 spiro atoms. The van der Waals surface area contributed by atoms with Crippen molar-refractivity contribution in [3.05, 3.63) is 35.9 Å². The summed E-state index contributed by atoms with van der Waals surface area (Å²) in [6.07, 6.45) is 15.3. The van der Waals surface area contributed by atoms with E-state index in [9.17, 15) is 14.4 Å². The highest BCUT2D eigenvalue weighted by Crippen LogP contribution is 2.23. The summed E-state index contributed by atoms with van der Waals surface area (Å²) in [5.41, 5.74) is 3.06. The number of hydrogen-bond acceptors (Lipinski definition) is 4. The molecule has 0 aliphatic heterocycles. The monoisotopic (exact) mass is 472 g/mol. The number of Topliss-reactive ketones (excluding diaryl/α,β-unsaturated/α-hetero) is 1. The molecular weight excluding hydrogens is 428 g/mol. The summed E-state index contributed by atoms with van der Waals surface area (Å²) < 4.78 is 0. The lowest BCUT2D eigenvalue weighted by atomic mass is 9.85. The molecule has 1 aromatic rings. The van der Waals surface area contributed by atoms with Crippen LogP contribution in [0, 0.1) is 11.8 Å². The van der Waals surface area contributed by atoms with Gasteiger partial charge < -0.3 is 5.32 Å². The molecule has 6 nitrogen and oxygen atoms in total. The Balaban J connectivity index is 1.43. The van der Waals surface area contributed by atoms with Crippen molar-refractivity contribution in [2.45, 2.75) is 103 Å². The third kappa shape index (κ3) is 11.8. The summed E-state index contributed by atoms with van der Waals surface area (Å²) in [5, 5.41) is 12.0. The highest BCUT2D eigenvalue weighted by Gasteiger charge is 2.24. The molecule has 0 radical (unpaired) electrons. The number of nitrogens with one attached hydrogen (secondary N) is 2. The Bertz CT molecular complexity index is 722. The van der Waals surface area contributed by atoms with Gasteiger partial charge in [-0.15, -0.1) is 0 Å². The smallest absolute Gasteiger partial charge is 0.246 e. The lowest BCUT2D eigenvalue weighted by Crippen LogP contribution is -2.30. The second kappa shape index (κ2) is 17.3. The lowest BCUT2D eigenvalue weighted by Gasteiger charge is -2.19. The first kappa shape index (κ1) is 28.0. The number of rotatable bonds is 17. The van der Waals surface area contributed by atoms with Crippen molar-refractivity contribution in [2.24, 2.45) is 11.8 Å². The molecule has 1 fully saturated rings. The number of benzene rings is 1. The van der Waals surface area contributed by atoms with Crippen molar-refractivity contribution in [1.29, 1.82) is 0 Å². The van der Waals surface area contributed by atoms with Crippen LogP contribution in [0.1, 0.15) is 102 Å². The fraction of sp³-hybridized carbons (Fsp3) is 0.679. The standard InChI is InChI=1S/C28H44N2O4/c31-26-18-12-11-17-25(26)22-27(32)29-21-13-6-4-2-1-3-5-10-16-24(28(33)30-34)20-19-23-14-8-7-9-15-23/h7-9,14-15,24-25,34H,1-6,10-13,16-22H2,(H,29,32)(H,30,33)/t24-,25+/m1/s1. The molecule has 1 aliphatic rings. The SMILES string of the molecule is O=C(C[C@@H]1CCCCC1=O)NCCCCCCCCCC[C@H](CCc1ccccc1)C(=O)NO. The van der Waals surface area contributed by atoms with Gasteiger partial charge in [-0.25, -0.2) is 5.48 Å². The van der Waals surface area contributed by atoms with Gasteiger partial charge in [0.25, 0.3) is 0 Å². The van der Waals surface area contributed by atoms with Crippen molar-refractivity contribution < 1.29 is 19.6 Å². The molecule has 6 heteroatoms. The number of carbonyl (C=O) groups excluding carboxylic acids is 3. The molecule has 0 bridgehead atoms. The summed E-state index contributed by atoms with van der Waals surface area (Å²) in [5.74, 6) is -0.172. The molecule has 1 saturated carbocycles. The van der Waals surface area contributed by atoms with E-state index in [1.807, 2.05) is 23.7 Å². The predicted octanol–water partition coefficient (Wildman–Crippen LogP) is 5.52. The molecule has 1 aromatic carbocycles. The van der Waals surface area contributed by atoms with Crippen LogP contribution in [0.4, 0.5) is 0 Å². The summed E-state index contributed by atoms with van der Waals surface area (Å²) >= 11 is 0. The number of unbranched alkanes of at least 4 members (excludes halogenated alkanes) is 7. The largest absolute Gasteiger partial charge is 0.356 e. The molecule has 3 N–H and O–H groups in total. The van der Waals surface area contributed by atoms with Crippen LogP contribution >= 0.6 is 0 Å². The maximum Gasteiger partial charge on any atom is 0.246 e. The van der Waals surface area contributed by atoms with E-state index < -0.39 is 0 Å². The third-order valence-electron chi connectivity index (χ3n) is 7.02. The molecule has 0 aromatic heterocycles. The van der Waals surface area contributed by atoms with E-state index in [0.717, 1.165) is 70.6 Å². The van der Waals surface area contributed by atoms with Gasteiger partial charge in [0.1, 0.15) is 5.78 Å². The van der Waals surface area contributed by atoms with Crippen molar-refractivity contribution in [1.82, 2.24) is 10.8 Å². The van der Waals surface area contributed by atoms with Crippen LogP contribution in [-0.4, -0.2) is 29.3 Å². The number of carbonyl (C=O) groups is 3. The zero-order valence-electron chi connectivity index (χ0n) is 20.7. The molecule has 0 unspecified atom stereocenters. The van der Waals surface area contributed by atoms with Crippen molar-refractivity contribution in [3.63, 3.8) is 0 Å². The predicted molar refractivity (Wildman–Crippen MR) is 134 cm³/mol. The number of ketones is 1. The minimum atomic E-state index is -0.270. The first-order chi connectivity index (χ1) is 16.6. The van der Waals surface area contributed by atoms with Gasteiger partial charge >= 0.3 is 0 Å². The van der Waals surface area contributed by atoms with Gasteiger partial charge in [0.15, 0.2) is 0 Å². The Hall–Kier alpha value is -2.21. The van der Waals surface area contributed by atoms with Gasteiger partial charge in [0.05, 0.1) is 0 Å². The zero-order valence-corrected chi connectivity index (χ0v) is 20.7. The quantitative estimate of drug-likeness (QED) is 0.158. The highest BCUT2D eigenvalue weighted by atomic mass is 16.5. The maximum atomic E-state index is 12.0. The number of hydroxylamine groups is 1. The van der Waals surface area contributed by atoms with Crippen molar-refractivity contribution in [3.8, 4) is 0 Å². The maximum absolute atomic E-state index is 12.0. The fourth-order valence-electron chi connectivity index (χ4n) is 4.85. The van der Waals surface area contributed by atoms with Gasteiger partial charge in [-0.05, 0) is 44.1 Å². The molecule has 190 valence electrons. The molecule has 0 saturated heterocycles. The Morgan fingerprint density at radius 2 is 1.59 bits per heavy atom. The van der Waals surface area contributed by atoms with E-state index in [1.165, 1.54) is 24.8 Å². The van der Waals surface area contributed by atoms with E-state index in [1.54, 1.807) is 0 Å². The fourth-order valence-corrected chi connectivity index (χ4v) is 4.85. The average Bonchev–Trinajstić information content (AvgIpc) is 2.85. The Morgan fingerprint density at radius 3 is 2.26 bits per heavy atom. The van der Waals surface area contributed by atoms with Crippen LogP contribution in [-0.2, 0) is 20.8 Å². The second-order valence-corrected chi connectivity index (χ2v) is 9.78. The van der Waals surface area contributed by atoms with Crippen LogP contribution < -0.4 is 10.8 Å². The topological polar surface area (TPSA) is 95.5 Å². The highest BCUT2D eigenvalue weighted by molar-refractivity contribution is 5.87. The first-order valence-corrected chi connectivity index (χ1v) is 13.4. The van der Waals surface area contributed by atoms with E-state index in [0.29, 0.717) is 19.4 Å². The van der Waals surface area contributed by atoms with E-state index in [-0.39, 0.29) is 29.4 Å². The molecule has 2 amide bonds. The van der Waals surface area contributed by atoms with Gasteiger partial charge in [-0.3, -0.25) is 19.6 Å². The first-order valence-electron chi connectivity index (χ1n) is 13.4. The van der Waals surface area contributed by atoms with Gasteiger partial charge in [0.2, 0.25) is 11.8 Å². The number of amides is 2. The summed E-state index contributed by atoms with van der Waals surface area (Å²) in [4.78, 5) is 35.8. The van der Waals surface area contributed by atoms with Gasteiger partial charge in [-0.1, -0.05) is 81.7 Å². The zero-order chi connectivity index (χ0) is 24.4. The molecule has 0 heterocycles. The molecule has 34 heavy (non-hydrogen) atoms. The Labute approximate surface area is 205 Å². The number of aryl methyl sites for hydroxylation is 1. The number of hydrogen-bond donors (Lipinski definition) is 3. The van der Waals surface area contributed by atoms with E-state index in [2.05, 4.69) is 17.4 Å². The van der Waals surface area contributed by atoms with Crippen LogP contribution in [0.3, 0.4) is 0 Å². The minimum Gasteiger partial charge on any atom is -0.356 e. The minimum absolute atomic E-state index is 0.0252. The molecule has 2 rings (SSSR count). The summed E-state index contributed by atoms with van der Waals surface area (Å²) in [7, 11) is 0. The van der Waals surface area contributed by atoms with Crippen LogP contribution in [0.2, 0.25) is 0 Å². The lowest BCUT2D eigenvalue weighted by molar-refractivity contribution is -0.133. The normalized spacial score (nSPS) is 16.7.